The van der Waals surface area contributed by atoms with Gasteiger partial charge in [0.1, 0.15) is 0 Å². The maximum atomic E-state index is 5.54. The second kappa shape index (κ2) is 6.97. The molecule has 0 aliphatic heterocycles. The summed E-state index contributed by atoms with van der Waals surface area (Å²) in [5, 5.41) is 0.794. The molecular formula is C8H11ClS. The molecule has 0 N–H and O–H groups in total. The van der Waals surface area contributed by atoms with Crippen molar-refractivity contribution in [2.24, 2.45) is 0 Å². The Kier molecular flexibility index (Phi) is 6.88. The minimum Gasteiger partial charge on any atom is -0.169 e. The van der Waals surface area contributed by atoms with Gasteiger partial charge >= 0.3 is 0 Å². The van der Waals surface area contributed by atoms with Crippen LogP contribution in [0.25, 0.3) is 0 Å². The average Bonchev–Trinajstić information content (AvgIpc) is 1.91. The zero-order chi connectivity index (χ0) is 7.82. The third-order valence-corrected chi connectivity index (χ3v) is 0.985. The molecule has 0 bridgehead atoms. The molecule has 2 heteroatoms. The molecule has 0 fully saturated rings. The van der Waals surface area contributed by atoms with Crippen LogP contribution >= 0.6 is 23.4 Å². The van der Waals surface area contributed by atoms with E-state index in [0.717, 1.165) is 5.02 Å². The normalized spacial score (nSPS) is 7.90. The summed E-state index contributed by atoms with van der Waals surface area (Å²) in [6, 6.07) is 9.44. The summed E-state index contributed by atoms with van der Waals surface area (Å²) in [5.74, 6) is 0. The first kappa shape index (κ1) is 9.86. The highest BCUT2D eigenvalue weighted by atomic mass is 35.5. The molecule has 0 saturated heterocycles. The summed E-state index contributed by atoms with van der Waals surface area (Å²) in [7, 11) is 0. The lowest BCUT2D eigenvalue weighted by Crippen LogP contribution is -1.55. The Balaban J connectivity index is 0.000000236. The molecule has 1 rings (SSSR count). The van der Waals surface area contributed by atoms with Gasteiger partial charge in [0.15, 0.2) is 0 Å². The van der Waals surface area contributed by atoms with Gasteiger partial charge in [0.2, 0.25) is 0 Å². The molecule has 0 heterocycles. The van der Waals surface area contributed by atoms with Gasteiger partial charge in [-0.25, -0.2) is 0 Å². The number of thioether (sulfide) groups is 1. The maximum Gasteiger partial charge on any atom is 0.0405 e. The van der Waals surface area contributed by atoms with Crippen molar-refractivity contribution in [1.29, 1.82) is 0 Å². The number of halogens is 1. The number of benzene rings is 1. The van der Waals surface area contributed by atoms with Crippen LogP contribution in [0.3, 0.4) is 0 Å². The molecule has 0 atom stereocenters. The van der Waals surface area contributed by atoms with Crippen LogP contribution in [0.1, 0.15) is 0 Å². The van der Waals surface area contributed by atoms with Crippen molar-refractivity contribution in [2.45, 2.75) is 0 Å². The highest BCUT2D eigenvalue weighted by molar-refractivity contribution is 7.97. The summed E-state index contributed by atoms with van der Waals surface area (Å²) in [4.78, 5) is 0. The number of hydrogen-bond donors (Lipinski definition) is 0. The zero-order valence-corrected chi connectivity index (χ0v) is 7.75. The van der Waals surface area contributed by atoms with E-state index in [1.807, 2.05) is 42.8 Å². The van der Waals surface area contributed by atoms with Crippen LogP contribution in [0.4, 0.5) is 0 Å². The lowest BCUT2D eigenvalue weighted by molar-refractivity contribution is 1.71. The summed E-state index contributed by atoms with van der Waals surface area (Å²) in [6.07, 6.45) is 4.08. The predicted molar refractivity (Wildman–Crippen MR) is 50.9 cm³/mol. The van der Waals surface area contributed by atoms with Crippen LogP contribution in [-0.2, 0) is 0 Å². The van der Waals surface area contributed by atoms with Crippen molar-refractivity contribution in [2.75, 3.05) is 12.5 Å². The molecule has 0 amide bonds. The fourth-order valence-corrected chi connectivity index (χ4v) is 0.560. The van der Waals surface area contributed by atoms with E-state index < -0.39 is 0 Å². The molecular weight excluding hydrogens is 164 g/mol. The van der Waals surface area contributed by atoms with Crippen molar-refractivity contribution in [3.05, 3.63) is 35.4 Å². The first-order valence-electron chi connectivity index (χ1n) is 2.92. The van der Waals surface area contributed by atoms with Crippen LogP contribution in [0.5, 0.6) is 0 Å². The lowest BCUT2D eigenvalue weighted by atomic mass is 10.4. The van der Waals surface area contributed by atoms with E-state index in [1.54, 1.807) is 11.8 Å². The molecule has 56 valence electrons. The molecule has 0 unspecified atom stereocenters. The standard InChI is InChI=1S/C6H5Cl.C2H6S/c7-6-4-2-1-3-5-6;1-3-2/h1-5H;1-2H3. The molecule has 0 radical (unpaired) electrons. The lowest BCUT2D eigenvalue weighted by Gasteiger charge is -1.80. The Morgan fingerprint density at radius 2 is 1.50 bits per heavy atom. The molecule has 0 spiro atoms. The minimum absolute atomic E-state index is 0.794. The number of hydrogen-bond acceptors (Lipinski definition) is 1. The second-order valence-electron chi connectivity index (χ2n) is 1.70. The Hall–Kier alpha value is -0.140. The van der Waals surface area contributed by atoms with Gasteiger partial charge in [-0.15, -0.1) is 0 Å². The highest BCUT2D eigenvalue weighted by Crippen LogP contribution is 2.03. The van der Waals surface area contributed by atoms with Gasteiger partial charge in [0.25, 0.3) is 0 Å². The molecule has 1 aromatic carbocycles. The van der Waals surface area contributed by atoms with Gasteiger partial charge in [-0.1, -0.05) is 29.8 Å². The predicted octanol–water partition coefficient (Wildman–Crippen LogP) is 3.32. The Labute approximate surface area is 71.6 Å². The molecule has 10 heavy (non-hydrogen) atoms. The third-order valence-electron chi connectivity index (χ3n) is 0.733. The van der Waals surface area contributed by atoms with Crippen LogP contribution in [0.2, 0.25) is 5.02 Å². The topological polar surface area (TPSA) is 0 Å². The van der Waals surface area contributed by atoms with E-state index in [1.165, 1.54) is 0 Å². The van der Waals surface area contributed by atoms with E-state index in [0.29, 0.717) is 0 Å². The highest BCUT2D eigenvalue weighted by Gasteiger charge is 1.74. The summed E-state index contributed by atoms with van der Waals surface area (Å²) in [5.41, 5.74) is 0. The molecule has 0 saturated carbocycles. The van der Waals surface area contributed by atoms with Crippen molar-refractivity contribution < 1.29 is 0 Å². The van der Waals surface area contributed by atoms with Crippen molar-refractivity contribution in [3.8, 4) is 0 Å². The fraction of sp³-hybridized carbons (Fsp3) is 0.250. The van der Waals surface area contributed by atoms with E-state index in [4.69, 9.17) is 11.6 Å². The fourth-order valence-electron chi connectivity index (χ4n) is 0.415. The first-order valence-corrected chi connectivity index (χ1v) is 4.93. The summed E-state index contributed by atoms with van der Waals surface area (Å²) >= 11 is 7.29. The summed E-state index contributed by atoms with van der Waals surface area (Å²) in [6.45, 7) is 0. The van der Waals surface area contributed by atoms with Gasteiger partial charge < -0.3 is 0 Å². The molecule has 0 nitrogen and oxygen atoms in total. The minimum atomic E-state index is 0.794. The quantitative estimate of drug-likeness (QED) is 0.582. The SMILES string of the molecule is CSC.Clc1ccccc1. The molecule has 0 aliphatic rings. The average molecular weight is 175 g/mol. The van der Waals surface area contributed by atoms with Crippen molar-refractivity contribution in [3.63, 3.8) is 0 Å². The molecule has 0 aromatic heterocycles. The zero-order valence-electron chi connectivity index (χ0n) is 6.17. The van der Waals surface area contributed by atoms with Crippen LogP contribution < -0.4 is 0 Å². The van der Waals surface area contributed by atoms with Gasteiger partial charge in [-0.05, 0) is 24.6 Å². The van der Waals surface area contributed by atoms with E-state index in [2.05, 4.69) is 0 Å². The smallest absolute Gasteiger partial charge is 0.0405 e. The van der Waals surface area contributed by atoms with Gasteiger partial charge in [0.05, 0.1) is 0 Å². The van der Waals surface area contributed by atoms with Crippen LogP contribution in [0.15, 0.2) is 30.3 Å². The van der Waals surface area contributed by atoms with Crippen LogP contribution in [0, 0.1) is 0 Å². The number of rotatable bonds is 0. The Morgan fingerprint density at radius 3 is 1.70 bits per heavy atom. The monoisotopic (exact) mass is 174 g/mol. The third kappa shape index (κ3) is 5.99. The van der Waals surface area contributed by atoms with Gasteiger partial charge in [-0.3, -0.25) is 0 Å². The maximum absolute atomic E-state index is 5.54. The molecule has 0 aliphatic carbocycles. The van der Waals surface area contributed by atoms with Gasteiger partial charge in [0, 0.05) is 5.02 Å². The van der Waals surface area contributed by atoms with Crippen molar-refractivity contribution >= 4 is 23.4 Å². The Bertz CT molecular complexity index is 151. The first-order chi connectivity index (χ1) is 4.81. The molecule has 1 aromatic rings. The van der Waals surface area contributed by atoms with E-state index in [9.17, 15) is 0 Å². The largest absolute Gasteiger partial charge is 0.169 e. The van der Waals surface area contributed by atoms with Crippen molar-refractivity contribution in [1.82, 2.24) is 0 Å². The van der Waals surface area contributed by atoms with E-state index >= 15 is 0 Å². The summed E-state index contributed by atoms with van der Waals surface area (Å²) < 4.78 is 0. The van der Waals surface area contributed by atoms with Crippen LogP contribution in [-0.4, -0.2) is 12.5 Å². The van der Waals surface area contributed by atoms with E-state index in [-0.39, 0.29) is 0 Å². The second-order valence-corrected chi connectivity index (χ2v) is 2.96. The Morgan fingerprint density at radius 1 is 1.10 bits per heavy atom. The van der Waals surface area contributed by atoms with Gasteiger partial charge in [-0.2, -0.15) is 11.8 Å².